The van der Waals surface area contributed by atoms with Gasteiger partial charge in [0, 0.05) is 12.3 Å². The molecule has 0 saturated carbocycles. The number of alkyl halides is 3. The maximum Gasteiger partial charge on any atom is 0.417 e. The predicted molar refractivity (Wildman–Crippen MR) is 101 cm³/mol. The van der Waals surface area contributed by atoms with Gasteiger partial charge in [0.1, 0.15) is 12.4 Å². The summed E-state index contributed by atoms with van der Waals surface area (Å²) in [6.45, 7) is 3.90. The van der Waals surface area contributed by atoms with Crippen LogP contribution in [0.15, 0.2) is 61.3 Å². The van der Waals surface area contributed by atoms with Gasteiger partial charge in [0.05, 0.1) is 12.1 Å². The molecule has 0 unspecified atom stereocenters. The van der Waals surface area contributed by atoms with Crippen LogP contribution in [-0.4, -0.2) is 27.1 Å². The van der Waals surface area contributed by atoms with Crippen molar-refractivity contribution in [3.63, 3.8) is 0 Å². The molecule has 0 radical (unpaired) electrons. The number of carbonyl (C=O) groups is 1. The Morgan fingerprint density at radius 1 is 1.17 bits per heavy atom. The summed E-state index contributed by atoms with van der Waals surface area (Å²) in [5, 5.41) is 10.2. The fourth-order valence-corrected chi connectivity index (χ4v) is 2.45. The van der Waals surface area contributed by atoms with Gasteiger partial charge in [0.25, 0.3) is 0 Å². The van der Waals surface area contributed by atoms with E-state index in [0.717, 1.165) is 17.8 Å². The SMILES string of the molecule is C=CCOc1ccc(/C=C/C(=O)NCc2nnc3ccc(C(F)(F)F)cn23)cc1. The Balaban J connectivity index is 1.61. The number of benzene rings is 1. The molecule has 0 aliphatic rings. The third-order valence-corrected chi connectivity index (χ3v) is 3.90. The standard InChI is InChI=1S/C20H17F3N4O2/c1-2-11-29-16-7-3-14(4-8-16)5-10-19(28)24-12-18-26-25-17-9-6-15(13-27(17)18)20(21,22)23/h2-10,13H,1,11-12H2,(H,24,28)/b10-5+. The number of hydrogen-bond acceptors (Lipinski definition) is 4. The molecular weight excluding hydrogens is 385 g/mol. The molecule has 2 heterocycles. The van der Waals surface area contributed by atoms with Crippen LogP contribution in [0.5, 0.6) is 5.75 Å². The lowest BCUT2D eigenvalue weighted by molar-refractivity contribution is -0.137. The van der Waals surface area contributed by atoms with Crippen molar-refractivity contribution in [3.8, 4) is 5.75 Å². The molecule has 0 atom stereocenters. The highest BCUT2D eigenvalue weighted by Crippen LogP contribution is 2.29. The number of nitrogens with zero attached hydrogens (tertiary/aromatic N) is 3. The third kappa shape index (κ3) is 5.22. The second-order valence-electron chi connectivity index (χ2n) is 5.98. The molecule has 0 aliphatic heterocycles. The highest BCUT2D eigenvalue weighted by Gasteiger charge is 2.31. The van der Waals surface area contributed by atoms with Gasteiger partial charge in [-0.25, -0.2) is 0 Å². The van der Waals surface area contributed by atoms with E-state index in [4.69, 9.17) is 4.74 Å². The van der Waals surface area contributed by atoms with Crippen molar-refractivity contribution >= 4 is 17.6 Å². The van der Waals surface area contributed by atoms with E-state index in [2.05, 4.69) is 22.1 Å². The lowest BCUT2D eigenvalue weighted by Gasteiger charge is -2.07. The topological polar surface area (TPSA) is 68.5 Å². The average Bonchev–Trinajstić information content (AvgIpc) is 3.11. The van der Waals surface area contributed by atoms with E-state index in [1.165, 1.54) is 16.5 Å². The van der Waals surface area contributed by atoms with E-state index >= 15 is 0 Å². The number of aromatic nitrogens is 3. The highest BCUT2D eigenvalue weighted by atomic mass is 19.4. The van der Waals surface area contributed by atoms with Crippen molar-refractivity contribution < 1.29 is 22.7 Å². The van der Waals surface area contributed by atoms with Gasteiger partial charge < -0.3 is 10.1 Å². The molecule has 0 saturated heterocycles. The number of halogens is 3. The summed E-state index contributed by atoms with van der Waals surface area (Å²) in [4.78, 5) is 12.0. The molecular formula is C20H17F3N4O2. The molecule has 0 spiro atoms. The van der Waals surface area contributed by atoms with Gasteiger partial charge >= 0.3 is 6.18 Å². The zero-order valence-electron chi connectivity index (χ0n) is 15.2. The number of rotatable bonds is 7. The molecule has 1 N–H and O–H groups in total. The minimum Gasteiger partial charge on any atom is -0.490 e. The fourth-order valence-electron chi connectivity index (χ4n) is 2.45. The minimum absolute atomic E-state index is 0.0695. The Morgan fingerprint density at radius 3 is 2.62 bits per heavy atom. The number of carbonyl (C=O) groups excluding carboxylic acids is 1. The first-order valence-electron chi connectivity index (χ1n) is 8.57. The number of ether oxygens (including phenoxy) is 1. The number of nitrogens with one attached hydrogen (secondary N) is 1. The van der Waals surface area contributed by atoms with Crippen molar-refractivity contribution in [1.82, 2.24) is 19.9 Å². The van der Waals surface area contributed by atoms with Crippen LogP contribution in [0.1, 0.15) is 17.0 Å². The van der Waals surface area contributed by atoms with Gasteiger partial charge in [-0.05, 0) is 35.9 Å². The monoisotopic (exact) mass is 402 g/mol. The maximum absolute atomic E-state index is 12.9. The Morgan fingerprint density at radius 2 is 1.93 bits per heavy atom. The number of hydrogen-bond donors (Lipinski definition) is 1. The number of pyridine rings is 1. The Hall–Kier alpha value is -3.62. The summed E-state index contributed by atoms with van der Waals surface area (Å²) in [6, 6.07) is 9.26. The quantitative estimate of drug-likeness (QED) is 0.484. The third-order valence-electron chi connectivity index (χ3n) is 3.90. The van der Waals surface area contributed by atoms with Gasteiger partial charge in [0.2, 0.25) is 5.91 Å². The van der Waals surface area contributed by atoms with Crippen LogP contribution in [0.2, 0.25) is 0 Å². The van der Waals surface area contributed by atoms with Crippen molar-refractivity contribution in [3.05, 3.63) is 78.3 Å². The lowest BCUT2D eigenvalue weighted by Crippen LogP contribution is -2.21. The van der Waals surface area contributed by atoms with Crippen molar-refractivity contribution in [2.24, 2.45) is 0 Å². The summed E-state index contributed by atoms with van der Waals surface area (Å²) in [6.07, 6.45) is 0.998. The molecule has 3 rings (SSSR count). The number of fused-ring (bicyclic) bond motifs is 1. The van der Waals surface area contributed by atoms with Crippen LogP contribution >= 0.6 is 0 Å². The molecule has 0 bridgehead atoms. The Kier molecular flexibility index (Phi) is 5.96. The predicted octanol–water partition coefficient (Wildman–Crippen LogP) is 3.64. The van der Waals surface area contributed by atoms with Gasteiger partial charge in [-0.1, -0.05) is 24.8 Å². The van der Waals surface area contributed by atoms with Crippen molar-refractivity contribution in [1.29, 1.82) is 0 Å². The molecule has 1 amide bonds. The molecule has 2 aromatic heterocycles. The first kappa shape index (κ1) is 20.1. The molecule has 29 heavy (non-hydrogen) atoms. The first-order valence-corrected chi connectivity index (χ1v) is 8.57. The van der Waals surface area contributed by atoms with E-state index in [9.17, 15) is 18.0 Å². The molecule has 6 nitrogen and oxygen atoms in total. The van der Waals surface area contributed by atoms with Gasteiger partial charge in [-0.15, -0.1) is 10.2 Å². The summed E-state index contributed by atoms with van der Waals surface area (Å²) in [5.41, 5.74) is 0.225. The summed E-state index contributed by atoms with van der Waals surface area (Å²) in [5.74, 6) is 0.459. The lowest BCUT2D eigenvalue weighted by atomic mass is 10.2. The normalized spacial score (nSPS) is 11.7. The molecule has 1 aromatic carbocycles. The van der Waals surface area contributed by atoms with Gasteiger partial charge in [0.15, 0.2) is 11.5 Å². The first-order chi connectivity index (χ1) is 13.9. The molecule has 0 aliphatic carbocycles. The highest BCUT2D eigenvalue weighted by molar-refractivity contribution is 5.91. The molecule has 150 valence electrons. The maximum atomic E-state index is 12.9. The minimum atomic E-state index is -4.48. The second-order valence-corrected chi connectivity index (χ2v) is 5.98. The van der Waals surface area contributed by atoms with Crippen LogP contribution in [0.25, 0.3) is 11.7 Å². The largest absolute Gasteiger partial charge is 0.490 e. The zero-order chi connectivity index (χ0) is 20.9. The Labute approximate surface area is 164 Å². The van der Waals surface area contributed by atoms with Crippen LogP contribution in [-0.2, 0) is 17.5 Å². The van der Waals surface area contributed by atoms with Crippen LogP contribution in [0.4, 0.5) is 13.2 Å². The van der Waals surface area contributed by atoms with Crippen LogP contribution in [0, 0.1) is 0 Å². The van der Waals surface area contributed by atoms with E-state index in [0.29, 0.717) is 12.4 Å². The molecule has 0 fully saturated rings. The summed E-state index contributed by atoms with van der Waals surface area (Å²) in [7, 11) is 0. The zero-order valence-corrected chi connectivity index (χ0v) is 15.2. The van der Waals surface area contributed by atoms with E-state index in [1.807, 2.05) is 0 Å². The van der Waals surface area contributed by atoms with Crippen LogP contribution < -0.4 is 10.1 Å². The number of amides is 1. The average molecular weight is 402 g/mol. The van der Waals surface area contributed by atoms with E-state index in [-0.39, 0.29) is 18.0 Å². The van der Waals surface area contributed by atoms with Gasteiger partial charge in [-0.2, -0.15) is 13.2 Å². The smallest absolute Gasteiger partial charge is 0.417 e. The summed E-state index contributed by atoms with van der Waals surface area (Å²) < 4.78 is 45.2. The Bertz CT molecular complexity index is 1040. The second kappa shape index (κ2) is 8.59. The van der Waals surface area contributed by atoms with E-state index < -0.39 is 17.6 Å². The fraction of sp³-hybridized carbons (Fsp3) is 0.150. The summed E-state index contributed by atoms with van der Waals surface area (Å²) >= 11 is 0. The van der Waals surface area contributed by atoms with Crippen molar-refractivity contribution in [2.45, 2.75) is 12.7 Å². The van der Waals surface area contributed by atoms with Crippen LogP contribution in [0.3, 0.4) is 0 Å². The molecule has 9 heteroatoms. The van der Waals surface area contributed by atoms with E-state index in [1.54, 1.807) is 36.4 Å². The van der Waals surface area contributed by atoms with Gasteiger partial charge in [-0.3, -0.25) is 9.20 Å². The van der Waals surface area contributed by atoms with Crippen molar-refractivity contribution in [2.75, 3.05) is 6.61 Å². The molecule has 3 aromatic rings.